The summed E-state index contributed by atoms with van der Waals surface area (Å²) in [4.78, 5) is 7.39. The van der Waals surface area contributed by atoms with Crippen molar-refractivity contribution < 1.29 is 9.31 Å². The summed E-state index contributed by atoms with van der Waals surface area (Å²) >= 11 is 12.5. The SMILES string of the molecule is Brc1ccc(Br)cc1.C.CCCCCCCCCCCCc1ccc(-c2ccc(-c3ccc(CCCCCCCCCCCC)s3)cc2)s1.CCCCCCCCCCCCc1ccc(B(OC)OC)s1. The van der Waals surface area contributed by atoms with Crippen LogP contribution in [0.25, 0.3) is 20.9 Å². The monoisotopic (exact) mass is 1150 g/mol. The second kappa shape index (κ2) is 44.7. The van der Waals surface area contributed by atoms with Crippen LogP contribution in [0.15, 0.2) is 93.9 Å². The van der Waals surface area contributed by atoms with Crippen molar-refractivity contribution in [3.8, 4) is 20.9 Å². The van der Waals surface area contributed by atoms with Crippen LogP contribution in [0, 0.1) is 0 Å². The maximum Gasteiger partial charge on any atom is 0.504 e. The third kappa shape index (κ3) is 31.9. The summed E-state index contributed by atoms with van der Waals surface area (Å²) in [5, 5.41) is 0. The first-order valence-electron chi connectivity index (χ1n) is 28.2. The zero-order chi connectivity index (χ0) is 50.1. The average Bonchev–Trinajstić information content (AvgIpc) is 4.18. The van der Waals surface area contributed by atoms with Gasteiger partial charge in [0.25, 0.3) is 0 Å². The molecule has 3 aromatic heterocycles. The van der Waals surface area contributed by atoms with Crippen LogP contribution in [0.1, 0.15) is 235 Å². The minimum atomic E-state index is -0.202. The Labute approximate surface area is 467 Å². The molecule has 0 unspecified atom stereocenters. The molecule has 0 N–H and O–H groups in total. The van der Waals surface area contributed by atoms with Crippen LogP contribution in [-0.2, 0) is 28.6 Å². The van der Waals surface area contributed by atoms with Gasteiger partial charge >= 0.3 is 7.12 Å². The summed E-state index contributed by atoms with van der Waals surface area (Å²) in [5.41, 5.74) is 2.73. The molecule has 5 aromatic rings. The van der Waals surface area contributed by atoms with Crippen LogP contribution in [0.2, 0.25) is 0 Å². The van der Waals surface area contributed by atoms with E-state index in [9.17, 15) is 0 Å². The predicted molar refractivity (Wildman–Crippen MR) is 332 cm³/mol. The van der Waals surface area contributed by atoms with Crippen molar-refractivity contribution in [1.82, 2.24) is 0 Å². The standard InChI is InChI=1S/C38H58S2.C18H33BO2S.C6H4Br2.CH4/c1-3-5-7-9-11-13-15-17-19-21-23-35-29-31-37(39-35)33-25-27-34(28-26-33)38-32-30-36(40-38)24-22-20-18-16-14-12-10-8-6-4-2;1-4-5-6-7-8-9-10-11-12-13-14-17-15-16-18(22-17)19(20-2)21-3;7-5-1-2-6(8)4-3-5;/h25-32H,3-24H2,1-2H3;15-16H,4-14H2,1-3H3;1-4H;1H4. The zero-order valence-electron chi connectivity index (χ0n) is 44.8. The van der Waals surface area contributed by atoms with Crippen LogP contribution in [0.4, 0.5) is 0 Å². The van der Waals surface area contributed by atoms with Gasteiger partial charge in [-0.2, -0.15) is 0 Å². The van der Waals surface area contributed by atoms with E-state index in [1.54, 1.807) is 24.0 Å². The molecule has 0 amide bonds. The minimum absolute atomic E-state index is 0. The lowest BCUT2D eigenvalue weighted by Gasteiger charge is -2.04. The van der Waals surface area contributed by atoms with Crippen LogP contribution in [0.5, 0.6) is 0 Å². The van der Waals surface area contributed by atoms with Crippen LogP contribution in [0.3, 0.4) is 0 Å². The third-order valence-electron chi connectivity index (χ3n) is 13.3. The average molecular weight is 1160 g/mol. The second-order valence-corrected chi connectivity index (χ2v) is 24.8. The molecule has 0 spiro atoms. The largest absolute Gasteiger partial charge is 0.504 e. The van der Waals surface area contributed by atoms with E-state index >= 15 is 0 Å². The quantitative estimate of drug-likeness (QED) is 0.0290. The number of hydrogen-bond acceptors (Lipinski definition) is 5. The van der Waals surface area contributed by atoms with Gasteiger partial charge in [0, 0.05) is 52.3 Å². The molecule has 0 bridgehead atoms. The maximum atomic E-state index is 5.29. The molecule has 8 heteroatoms. The molecule has 398 valence electrons. The molecule has 0 aliphatic carbocycles. The Kier molecular flexibility index (Phi) is 41.3. The summed E-state index contributed by atoms with van der Waals surface area (Å²) in [7, 11) is 3.18. The summed E-state index contributed by atoms with van der Waals surface area (Å²) < 4.78 is 14.0. The molecule has 5 rings (SSSR count). The fourth-order valence-corrected chi connectivity index (χ4v) is 12.7. The summed E-state index contributed by atoms with van der Waals surface area (Å²) in [6.07, 6.45) is 45.9. The van der Waals surface area contributed by atoms with Crippen molar-refractivity contribution in [2.24, 2.45) is 0 Å². The van der Waals surface area contributed by atoms with Crippen molar-refractivity contribution in [2.75, 3.05) is 14.2 Å². The predicted octanol–water partition coefficient (Wildman–Crippen LogP) is 23.1. The van der Waals surface area contributed by atoms with Crippen LogP contribution in [-0.4, -0.2) is 21.3 Å². The highest BCUT2D eigenvalue weighted by molar-refractivity contribution is 9.11. The molecule has 0 atom stereocenters. The lowest BCUT2D eigenvalue weighted by molar-refractivity contribution is 0.292. The van der Waals surface area contributed by atoms with Gasteiger partial charge in [-0.15, -0.1) is 34.0 Å². The van der Waals surface area contributed by atoms with Crippen molar-refractivity contribution in [3.63, 3.8) is 0 Å². The van der Waals surface area contributed by atoms with E-state index in [0.717, 1.165) is 8.95 Å². The first-order valence-corrected chi connectivity index (χ1v) is 32.3. The van der Waals surface area contributed by atoms with Gasteiger partial charge in [-0.1, -0.05) is 264 Å². The Morgan fingerprint density at radius 2 is 0.606 bits per heavy atom. The second-order valence-electron chi connectivity index (χ2n) is 19.4. The molecule has 0 fully saturated rings. The van der Waals surface area contributed by atoms with Gasteiger partial charge < -0.3 is 9.31 Å². The molecule has 0 saturated carbocycles. The fraction of sp³-hybridized carbons (Fsp3) is 0.619. The van der Waals surface area contributed by atoms with Gasteiger partial charge in [0.1, 0.15) is 0 Å². The van der Waals surface area contributed by atoms with Gasteiger partial charge in [0.15, 0.2) is 0 Å². The molecule has 0 aliphatic heterocycles. The van der Waals surface area contributed by atoms with Crippen molar-refractivity contribution in [1.29, 1.82) is 0 Å². The molecule has 0 aliphatic rings. The van der Waals surface area contributed by atoms with Crippen molar-refractivity contribution in [2.45, 2.75) is 240 Å². The van der Waals surface area contributed by atoms with E-state index in [2.05, 4.69) is 113 Å². The van der Waals surface area contributed by atoms with E-state index in [0.29, 0.717) is 0 Å². The Hall–Kier alpha value is -1.52. The smallest absolute Gasteiger partial charge is 0.410 e. The first-order chi connectivity index (χ1) is 34.4. The van der Waals surface area contributed by atoms with Crippen molar-refractivity contribution >= 4 is 77.8 Å². The van der Waals surface area contributed by atoms with Crippen LogP contribution < -0.4 is 4.78 Å². The highest BCUT2D eigenvalue weighted by Crippen LogP contribution is 2.34. The fourth-order valence-electron chi connectivity index (χ4n) is 8.91. The Morgan fingerprint density at radius 3 is 0.901 bits per heavy atom. The maximum absolute atomic E-state index is 5.29. The lowest BCUT2D eigenvalue weighted by atomic mass is 9.88. The zero-order valence-corrected chi connectivity index (χ0v) is 50.4. The highest BCUT2D eigenvalue weighted by Gasteiger charge is 2.20. The summed E-state index contributed by atoms with van der Waals surface area (Å²) in [5.74, 6) is 0. The number of hydrogen-bond donors (Lipinski definition) is 0. The molecule has 2 aromatic carbocycles. The van der Waals surface area contributed by atoms with Gasteiger partial charge in [0.2, 0.25) is 0 Å². The van der Waals surface area contributed by atoms with Crippen molar-refractivity contribution in [3.05, 3.63) is 109 Å². The topological polar surface area (TPSA) is 18.5 Å². The van der Waals surface area contributed by atoms with Gasteiger partial charge in [-0.3, -0.25) is 0 Å². The highest BCUT2D eigenvalue weighted by atomic mass is 79.9. The van der Waals surface area contributed by atoms with Gasteiger partial charge in [-0.05, 0) is 104 Å². The van der Waals surface area contributed by atoms with Gasteiger partial charge in [0.05, 0.1) is 0 Å². The number of aryl methyl sites for hydroxylation is 3. The molecule has 3 heterocycles. The number of halogens is 2. The van der Waals surface area contributed by atoms with E-state index in [-0.39, 0.29) is 14.5 Å². The van der Waals surface area contributed by atoms with Crippen LogP contribution >= 0.6 is 65.9 Å². The number of benzene rings is 2. The van der Waals surface area contributed by atoms with E-state index in [4.69, 9.17) is 9.31 Å². The first kappa shape index (κ1) is 65.6. The van der Waals surface area contributed by atoms with E-state index < -0.39 is 0 Å². The molecule has 71 heavy (non-hydrogen) atoms. The molecule has 2 nitrogen and oxygen atoms in total. The number of unbranched alkanes of at least 4 members (excludes halogenated alkanes) is 27. The minimum Gasteiger partial charge on any atom is -0.410 e. The Bertz CT molecular complexity index is 1810. The van der Waals surface area contributed by atoms with E-state index in [1.807, 2.05) is 58.3 Å². The molecular weight excluding hydrogens is 1060 g/mol. The summed E-state index contributed by atoms with van der Waals surface area (Å²) in [6.45, 7) is 6.88. The van der Waals surface area contributed by atoms with Gasteiger partial charge in [-0.25, -0.2) is 0 Å². The lowest BCUT2D eigenvalue weighted by Crippen LogP contribution is -2.32. The third-order valence-corrected chi connectivity index (χ3v) is 17.9. The molecule has 0 radical (unpaired) electrons. The number of thiophene rings is 3. The Balaban J connectivity index is 0.000000463. The summed E-state index contributed by atoms with van der Waals surface area (Å²) in [6, 6.07) is 31.0. The molecule has 0 saturated heterocycles. The normalized spacial score (nSPS) is 10.9. The Morgan fingerprint density at radius 1 is 0.338 bits per heavy atom. The van der Waals surface area contributed by atoms with E-state index in [1.165, 1.54) is 242 Å². The molecular formula is C63H99BBr2O2S3. The number of rotatable bonds is 38.